The molecule has 0 bridgehead atoms. The van der Waals surface area contributed by atoms with Crippen LogP contribution in [0.5, 0.6) is 5.75 Å². The van der Waals surface area contributed by atoms with Crippen molar-refractivity contribution in [3.8, 4) is 11.8 Å². The molecular formula is C14H16F3NO2. The Kier molecular flexibility index (Phi) is 5.01. The number of benzene rings is 1. The molecule has 1 rings (SSSR count). The van der Waals surface area contributed by atoms with Gasteiger partial charge in [0.05, 0.1) is 29.4 Å². The summed E-state index contributed by atoms with van der Waals surface area (Å²) in [7, 11) is 1.56. The average Bonchev–Trinajstić information content (AvgIpc) is 2.37. The fourth-order valence-electron chi connectivity index (χ4n) is 1.46. The molecule has 0 N–H and O–H groups in total. The fraction of sp³-hybridized carbons (Fsp3) is 0.500. The van der Waals surface area contributed by atoms with Gasteiger partial charge in [-0.05, 0) is 32.0 Å². The second-order valence-corrected chi connectivity index (χ2v) is 4.88. The summed E-state index contributed by atoms with van der Waals surface area (Å²) in [5.74, 6) is 0.0863. The highest BCUT2D eigenvalue weighted by molar-refractivity contribution is 5.44. The number of nitrogens with zero attached hydrogens (tertiary/aromatic N) is 1. The summed E-state index contributed by atoms with van der Waals surface area (Å²) < 4.78 is 48.7. The van der Waals surface area contributed by atoms with Crippen molar-refractivity contribution >= 4 is 0 Å². The molecule has 0 aliphatic carbocycles. The summed E-state index contributed by atoms with van der Waals surface area (Å²) in [5, 5.41) is 8.68. The molecule has 0 spiro atoms. The van der Waals surface area contributed by atoms with Crippen molar-refractivity contribution < 1.29 is 22.6 Å². The Morgan fingerprint density at radius 2 is 1.90 bits per heavy atom. The first kappa shape index (κ1) is 16.3. The highest BCUT2D eigenvalue weighted by Gasteiger charge is 2.34. The number of hydrogen-bond donors (Lipinski definition) is 0. The van der Waals surface area contributed by atoms with Crippen LogP contribution in [0.4, 0.5) is 13.2 Å². The molecule has 0 radical (unpaired) electrons. The van der Waals surface area contributed by atoms with Crippen LogP contribution in [0.3, 0.4) is 0 Å². The second kappa shape index (κ2) is 6.14. The number of hydrogen-bond acceptors (Lipinski definition) is 3. The van der Waals surface area contributed by atoms with E-state index in [1.807, 2.05) is 13.8 Å². The summed E-state index contributed by atoms with van der Waals surface area (Å²) in [6.07, 6.45) is -4.04. The van der Waals surface area contributed by atoms with Crippen LogP contribution in [0.15, 0.2) is 18.2 Å². The van der Waals surface area contributed by atoms with E-state index in [9.17, 15) is 13.2 Å². The van der Waals surface area contributed by atoms with Gasteiger partial charge in [0.25, 0.3) is 0 Å². The van der Waals surface area contributed by atoms with Gasteiger partial charge in [0.2, 0.25) is 0 Å². The number of nitriles is 1. The Hall–Kier alpha value is -1.74. The Morgan fingerprint density at radius 3 is 2.40 bits per heavy atom. The van der Waals surface area contributed by atoms with Crippen molar-refractivity contribution in [2.75, 3.05) is 13.7 Å². The average molecular weight is 287 g/mol. The van der Waals surface area contributed by atoms with E-state index < -0.39 is 22.9 Å². The lowest BCUT2D eigenvalue weighted by molar-refractivity contribution is -0.137. The zero-order valence-electron chi connectivity index (χ0n) is 11.5. The molecule has 0 aliphatic rings. The summed E-state index contributed by atoms with van der Waals surface area (Å²) in [4.78, 5) is 0. The highest BCUT2D eigenvalue weighted by Crippen LogP contribution is 2.34. The van der Waals surface area contributed by atoms with Gasteiger partial charge in [-0.25, -0.2) is 0 Å². The largest absolute Gasteiger partial charge is 0.493 e. The molecular weight excluding hydrogens is 271 g/mol. The molecule has 3 nitrogen and oxygen atoms in total. The van der Waals surface area contributed by atoms with Crippen LogP contribution in [0.1, 0.15) is 31.4 Å². The third-order valence-electron chi connectivity index (χ3n) is 2.94. The summed E-state index contributed by atoms with van der Waals surface area (Å²) >= 11 is 0. The molecule has 0 aliphatic heterocycles. The molecule has 110 valence electrons. The number of halogens is 3. The number of methoxy groups -OCH3 is 1. The van der Waals surface area contributed by atoms with Crippen LogP contribution in [-0.2, 0) is 10.9 Å². The lowest BCUT2D eigenvalue weighted by Gasteiger charge is -2.22. The summed E-state index contributed by atoms with van der Waals surface area (Å²) in [5.41, 5.74) is -1.80. The van der Waals surface area contributed by atoms with Gasteiger partial charge in [0.15, 0.2) is 0 Å². The number of alkyl halides is 3. The van der Waals surface area contributed by atoms with Gasteiger partial charge in [0, 0.05) is 13.5 Å². The maximum absolute atomic E-state index is 12.8. The van der Waals surface area contributed by atoms with E-state index in [2.05, 4.69) is 0 Å². The minimum atomic E-state index is -4.57. The van der Waals surface area contributed by atoms with Crippen LogP contribution in [0.2, 0.25) is 0 Å². The molecule has 0 unspecified atom stereocenters. The third kappa shape index (κ3) is 4.42. The van der Waals surface area contributed by atoms with Crippen molar-refractivity contribution in [3.05, 3.63) is 29.3 Å². The van der Waals surface area contributed by atoms with E-state index in [0.717, 1.165) is 12.1 Å². The van der Waals surface area contributed by atoms with Crippen LogP contribution < -0.4 is 4.74 Å². The molecule has 20 heavy (non-hydrogen) atoms. The molecule has 1 aromatic rings. The van der Waals surface area contributed by atoms with E-state index in [1.54, 1.807) is 7.11 Å². The molecule has 0 heterocycles. The molecule has 0 aromatic heterocycles. The Morgan fingerprint density at radius 1 is 1.25 bits per heavy atom. The first-order valence-corrected chi connectivity index (χ1v) is 5.99. The van der Waals surface area contributed by atoms with E-state index in [0.29, 0.717) is 6.42 Å². The normalized spacial score (nSPS) is 12.1. The lowest BCUT2D eigenvalue weighted by atomic mass is 10.1. The maximum atomic E-state index is 12.8. The Bertz CT molecular complexity index is 504. The van der Waals surface area contributed by atoms with Gasteiger partial charge in [-0.3, -0.25) is 0 Å². The molecule has 6 heteroatoms. The van der Waals surface area contributed by atoms with E-state index >= 15 is 0 Å². The van der Waals surface area contributed by atoms with Gasteiger partial charge >= 0.3 is 6.18 Å². The summed E-state index contributed by atoms with van der Waals surface area (Å²) in [6.45, 7) is 3.94. The first-order valence-electron chi connectivity index (χ1n) is 5.99. The van der Waals surface area contributed by atoms with Gasteiger partial charge < -0.3 is 9.47 Å². The molecule has 1 aromatic carbocycles. The third-order valence-corrected chi connectivity index (χ3v) is 2.94. The molecule has 0 fully saturated rings. The monoisotopic (exact) mass is 287 g/mol. The van der Waals surface area contributed by atoms with Crippen LogP contribution >= 0.6 is 0 Å². The highest BCUT2D eigenvalue weighted by atomic mass is 19.4. The summed E-state index contributed by atoms with van der Waals surface area (Å²) in [6, 6.07) is 4.83. The van der Waals surface area contributed by atoms with Gasteiger partial charge in [-0.1, -0.05) is 0 Å². The lowest BCUT2D eigenvalue weighted by Crippen LogP contribution is -2.25. The minimum Gasteiger partial charge on any atom is -0.493 e. The standard InChI is InChI=1S/C14H16F3NO2/c1-13(2,19-3)6-7-20-11-5-4-10(9-18)12(8-11)14(15,16)17/h4-5,8H,6-7H2,1-3H3. The van der Waals surface area contributed by atoms with Crippen molar-refractivity contribution in [1.82, 2.24) is 0 Å². The Balaban J connectivity index is 2.81. The second-order valence-electron chi connectivity index (χ2n) is 4.88. The Labute approximate surface area is 115 Å². The maximum Gasteiger partial charge on any atom is 0.417 e. The minimum absolute atomic E-state index is 0.0863. The SMILES string of the molecule is COC(C)(C)CCOc1ccc(C#N)c(C(F)(F)F)c1. The van der Waals surface area contributed by atoms with Crippen molar-refractivity contribution in [1.29, 1.82) is 5.26 Å². The smallest absolute Gasteiger partial charge is 0.417 e. The first-order chi connectivity index (χ1) is 9.19. The molecule has 0 amide bonds. The zero-order valence-corrected chi connectivity index (χ0v) is 11.5. The van der Waals surface area contributed by atoms with E-state index in [-0.39, 0.29) is 12.4 Å². The van der Waals surface area contributed by atoms with Crippen molar-refractivity contribution in [3.63, 3.8) is 0 Å². The molecule has 0 saturated heterocycles. The van der Waals surface area contributed by atoms with Gasteiger partial charge in [0.1, 0.15) is 5.75 Å². The predicted octanol–water partition coefficient (Wildman–Crippen LogP) is 3.77. The molecule has 0 saturated carbocycles. The van der Waals surface area contributed by atoms with Crippen LogP contribution in [0, 0.1) is 11.3 Å². The van der Waals surface area contributed by atoms with Gasteiger partial charge in [-0.2, -0.15) is 18.4 Å². The van der Waals surface area contributed by atoms with Gasteiger partial charge in [-0.15, -0.1) is 0 Å². The molecule has 0 atom stereocenters. The fourth-order valence-corrected chi connectivity index (χ4v) is 1.46. The van der Waals surface area contributed by atoms with Crippen molar-refractivity contribution in [2.45, 2.75) is 32.0 Å². The topological polar surface area (TPSA) is 42.2 Å². The van der Waals surface area contributed by atoms with Crippen LogP contribution in [0.25, 0.3) is 0 Å². The van der Waals surface area contributed by atoms with Crippen LogP contribution in [-0.4, -0.2) is 19.3 Å². The van der Waals surface area contributed by atoms with E-state index in [1.165, 1.54) is 12.1 Å². The van der Waals surface area contributed by atoms with Crippen molar-refractivity contribution in [2.24, 2.45) is 0 Å². The predicted molar refractivity (Wildman–Crippen MR) is 67.4 cm³/mol. The quantitative estimate of drug-likeness (QED) is 0.827. The number of rotatable bonds is 5. The zero-order chi connectivity index (χ0) is 15.4. The van der Waals surface area contributed by atoms with E-state index in [4.69, 9.17) is 14.7 Å². The number of ether oxygens (including phenoxy) is 2.